The second-order valence-corrected chi connectivity index (χ2v) is 4.33. The molecule has 4 heteroatoms. The zero-order chi connectivity index (χ0) is 13.5. The third-order valence-electron chi connectivity index (χ3n) is 2.94. The van der Waals surface area contributed by atoms with Crippen LogP contribution in [0.1, 0.15) is 42.6 Å². The molecule has 0 bridgehead atoms. The van der Waals surface area contributed by atoms with E-state index < -0.39 is 0 Å². The van der Waals surface area contributed by atoms with Crippen LogP contribution in [0, 0.1) is 12.8 Å². The number of benzene rings is 1. The minimum atomic E-state index is -0.294. The third kappa shape index (κ3) is 3.87. The van der Waals surface area contributed by atoms with Gasteiger partial charge in [0.1, 0.15) is 0 Å². The summed E-state index contributed by atoms with van der Waals surface area (Å²) in [5.74, 6) is -0.484. The van der Waals surface area contributed by atoms with Crippen LogP contribution in [0.2, 0.25) is 0 Å². The average Bonchev–Trinajstić information content (AvgIpc) is 2.37. The van der Waals surface area contributed by atoms with Gasteiger partial charge in [-0.15, -0.1) is 0 Å². The van der Waals surface area contributed by atoms with Crippen molar-refractivity contribution < 1.29 is 9.59 Å². The van der Waals surface area contributed by atoms with Gasteiger partial charge in [0.25, 0.3) is 5.91 Å². The monoisotopic (exact) mass is 248 g/mol. The fourth-order valence-electron chi connectivity index (χ4n) is 1.74. The summed E-state index contributed by atoms with van der Waals surface area (Å²) in [5, 5.41) is 0. The van der Waals surface area contributed by atoms with Crippen LogP contribution in [-0.2, 0) is 4.79 Å². The summed E-state index contributed by atoms with van der Waals surface area (Å²) in [5.41, 5.74) is 6.45. The van der Waals surface area contributed by atoms with Crippen molar-refractivity contribution in [2.75, 3.05) is 0 Å². The van der Waals surface area contributed by atoms with Crippen LogP contribution in [0.3, 0.4) is 0 Å². The van der Waals surface area contributed by atoms with Crippen LogP contribution in [0.4, 0.5) is 0 Å². The number of carbonyl (C=O) groups is 2. The molecule has 0 saturated heterocycles. The van der Waals surface area contributed by atoms with Crippen molar-refractivity contribution in [1.29, 1.82) is 0 Å². The first kappa shape index (κ1) is 14.2. The fraction of sp³-hybridized carbons (Fsp3) is 0.429. The van der Waals surface area contributed by atoms with Gasteiger partial charge in [-0.25, -0.2) is 0 Å². The number of nitrogens with one attached hydrogen (secondary N) is 2. The van der Waals surface area contributed by atoms with Gasteiger partial charge in [0.15, 0.2) is 0 Å². The van der Waals surface area contributed by atoms with E-state index in [1.54, 1.807) is 12.1 Å². The first-order valence-electron chi connectivity index (χ1n) is 6.25. The van der Waals surface area contributed by atoms with Crippen molar-refractivity contribution in [3.63, 3.8) is 0 Å². The number of aryl methyl sites for hydroxylation is 1. The molecule has 0 heterocycles. The SMILES string of the molecule is CCC(CC)C(=O)NNC(=O)c1cccc(C)c1. The lowest BCUT2D eigenvalue weighted by Crippen LogP contribution is -2.44. The zero-order valence-corrected chi connectivity index (χ0v) is 11.1. The molecule has 2 N–H and O–H groups in total. The van der Waals surface area contributed by atoms with Crippen LogP contribution < -0.4 is 10.9 Å². The lowest BCUT2D eigenvalue weighted by atomic mass is 10.0. The zero-order valence-electron chi connectivity index (χ0n) is 11.1. The van der Waals surface area contributed by atoms with Gasteiger partial charge in [-0.1, -0.05) is 31.5 Å². The normalized spacial score (nSPS) is 10.2. The largest absolute Gasteiger partial charge is 0.273 e. The highest BCUT2D eigenvalue weighted by atomic mass is 16.2. The maximum Gasteiger partial charge on any atom is 0.269 e. The Morgan fingerprint density at radius 1 is 1.17 bits per heavy atom. The highest BCUT2D eigenvalue weighted by Crippen LogP contribution is 2.07. The second kappa shape index (κ2) is 6.79. The molecule has 0 spiro atoms. The van der Waals surface area contributed by atoms with Crippen LogP contribution in [-0.4, -0.2) is 11.8 Å². The summed E-state index contributed by atoms with van der Waals surface area (Å²) in [4.78, 5) is 23.5. The molecule has 1 aromatic rings. The topological polar surface area (TPSA) is 58.2 Å². The molecule has 0 saturated carbocycles. The van der Waals surface area contributed by atoms with Gasteiger partial charge in [0.2, 0.25) is 5.91 Å². The van der Waals surface area contributed by atoms with E-state index in [4.69, 9.17) is 0 Å². The number of rotatable bonds is 4. The van der Waals surface area contributed by atoms with Gasteiger partial charge in [-0.2, -0.15) is 0 Å². The Balaban J connectivity index is 2.54. The molecule has 0 radical (unpaired) electrons. The maximum atomic E-state index is 11.8. The summed E-state index contributed by atoms with van der Waals surface area (Å²) in [6, 6.07) is 7.22. The highest BCUT2D eigenvalue weighted by molar-refractivity contribution is 5.95. The lowest BCUT2D eigenvalue weighted by Gasteiger charge is -2.13. The Kier molecular flexibility index (Phi) is 5.36. The molecule has 1 rings (SSSR count). The van der Waals surface area contributed by atoms with Gasteiger partial charge < -0.3 is 0 Å². The van der Waals surface area contributed by atoms with E-state index in [0.29, 0.717) is 5.56 Å². The highest BCUT2D eigenvalue weighted by Gasteiger charge is 2.14. The van der Waals surface area contributed by atoms with Crippen molar-refractivity contribution in [1.82, 2.24) is 10.9 Å². The quantitative estimate of drug-likeness (QED) is 0.802. The van der Waals surface area contributed by atoms with Gasteiger partial charge in [-0.05, 0) is 31.9 Å². The molecule has 0 aromatic heterocycles. The number of hydrogen-bond acceptors (Lipinski definition) is 2. The van der Waals surface area contributed by atoms with Crippen molar-refractivity contribution in [2.45, 2.75) is 33.6 Å². The first-order chi connectivity index (χ1) is 8.58. The van der Waals surface area contributed by atoms with Crippen LogP contribution in [0.25, 0.3) is 0 Å². The fourth-order valence-corrected chi connectivity index (χ4v) is 1.74. The van der Waals surface area contributed by atoms with Crippen molar-refractivity contribution in [2.24, 2.45) is 5.92 Å². The molecule has 0 fully saturated rings. The minimum Gasteiger partial charge on any atom is -0.273 e. The number of hydrazine groups is 1. The first-order valence-corrected chi connectivity index (χ1v) is 6.25. The van der Waals surface area contributed by atoms with E-state index in [1.807, 2.05) is 32.9 Å². The molecule has 0 atom stereocenters. The summed E-state index contributed by atoms with van der Waals surface area (Å²) in [6.07, 6.45) is 1.53. The molecule has 0 aliphatic heterocycles. The van der Waals surface area contributed by atoms with Gasteiger partial charge >= 0.3 is 0 Å². The minimum absolute atomic E-state index is 0.0530. The summed E-state index contributed by atoms with van der Waals surface area (Å²) >= 11 is 0. The van der Waals surface area contributed by atoms with Crippen LogP contribution in [0.15, 0.2) is 24.3 Å². The molecule has 1 aromatic carbocycles. The lowest BCUT2D eigenvalue weighted by molar-refractivity contribution is -0.125. The molecule has 0 unspecified atom stereocenters. The molecular formula is C14H20N2O2. The Bertz CT molecular complexity index is 426. The van der Waals surface area contributed by atoms with Crippen LogP contribution >= 0.6 is 0 Å². The average molecular weight is 248 g/mol. The van der Waals surface area contributed by atoms with E-state index in [0.717, 1.165) is 18.4 Å². The maximum absolute atomic E-state index is 11.8. The summed E-state index contributed by atoms with van der Waals surface area (Å²) in [7, 11) is 0. The second-order valence-electron chi connectivity index (χ2n) is 4.33. The Morgan fingerprint density at radius 2 is 1.83 bits per heavy atom. The smallest absolute Gasteiger partial charge is 0.269 e. The molecule has 0 aliphatic carbocycles. The van der Waals surface area contributed by atoms with E-state index in [1.165, 1.54) is 0 Å². The van der Waals surface area contributed by atoms with Gasteiger partial charge in [0.05, 0.1) is 0 Å². The predicted molar refractivity (Wildman–Crippen MR) is 70.9 cm³/mol. The van der Waals surface area contributed by atoms with E-state index in [-0.39, 0.29) is 17.7 Å². The van der Waals surface area contributed by atoms with E-state index in [9.17, 15) is 9.59 Å². The Hall–Kier alpha value is -1.84. The molecule has 98 valence electrons. The van der Waals surface area contributed by atoms with Gasteiger partial charge in [0, 0.05) is 11.5 Å². The number of amides is 2. The standard InChI is InChI=1S/C14H20N2O2/c1-4-11(5-2)13(17)15-16-14(18)12-8-6-7-10(3)9-12/h6-9,11H,4-5H2,1-3H3,(H,15,17)(H,16,18). The summed E-state index contributed by atoms with van der Waals surface area (Å²) < 4.78 is 0. The summed E-state index contributed by atoms with van der Waals surface area (Å²) in [6.45, 7) is 5.83. The van der Waals surface area contributed by atoms with Crippen molar-refractivity contribution >= 4 is 11.8 Å². The molecule has 18 heavy (non-hydrogen) atoms. The molecule has 2 amide bonds. The van der Waals surface area contributed by atoms with Crippen LogP contribution in [0.5, 0.6) is 0 Å². The van der Waals surface area contributed by atoms with E-state index in [2.05, 4.69) is 10.9 Å². The third-order valence-corrected chi connectivity index (χ3v) is 2.94. The predicted octanol–water partition coefficient (Wildman–Crippen LogP) is 2.19. The number of hydrogen-bond donors (Lipinski definition) is 2. The van der Waals surface area contributed by atoms with Crippen molar-refractivity contribution in [3.05, 3.63) is 35.4 Å². The Labute approximate surface area is 108 Å². The van der Waals surface area contributed by atoms with Gasteiger partial charge in [-0.3, -0.25) is 20.4 Å². The van der Waals surface area contributed by atoms with E-state index >= 15 is 0 Å². The molecule has 4 nitrogen and oxygen atoms in total. The van der Waals surface area contributed by atoms with Crippen molar-refractivity contribution in [3.8, 4) is 0 Å². The number of carbonyl (C=O) groups excluding carboxylic acids is 2. The Morgan fingerprint density at radius 3 is 2.39 bits per heavy atom. The molecule has 0 aliphatic rings. The molecular weight excluding hydrogens is 228 g/mol.